The van der Waals surface area contributed by atoms with Crippen molar-refractivity contribution in [1.82, 2.24) is 0 Å². The van der Waals surface area contributed by atoms with Crippen LogP contribution in [0.3, 0.4) is 0 Å². The largest absolute Gasteiger partial charge is 0.457 e. The van der Waals surface area contributed by atoms with Gasteiger partial charge in [-0.1, -0.05) is 25.9 Å². The number of hydrogen-bond donors (Lipinski definition) is 0. The third kappa shape index (κ3) is 3.75. The van der Waals surface area contributed by atoms with Crippen LogP contribution in [0.1, 0.15) is 34.6 Å². The average molecular weight is 357 g/mol. The standard InChI is InChI=1S/C15H27N3O5Si/c1-14(2,3)24(6,7)20-8-9(17-18-16)10-11-12(13(19)21-10)23-15(4,5)22-11/h9-12H,8H2,1-7H3/t9-,10+,11-,12-/m1/s1. The molecule has 9 heteroatoms. The van der Waals surface area contributed by atoms with Crippen LogP contribution in [-0.2, 0) is 23.4 Å². The number of rotatable bonds is 5. The third-order valence-corrected chi connectivity index (χ3v) is 9.44. The molecule has 2 saturated heterocycles. The van der Waals surface area contributed by atoms with Crippen LogP contribution >= 0.6 is 0 Å². The van der Waals surface area contributed by atoms with Crippen molar-refractivity contribution in [2.75, 3.05) is 6.61 Å². The van der Waals surface area contributed by atoms with Crippen LogP contribution in [0.4, 0.5) is 0 Å². The van der Waals surface area contributed by atoms with Crippen molar-refractivity contribution in [3.05, 3.63) is 10.4 Å². The van der Waals surface area contributed by atoms with E-state index in [1.165, 1.54) is 0 Å². The maximum absolute atomic E-state index is 12.0. The second-order valence-corrected chi connectivity index (χ2v) is 13.1. The van der Waals surface area contributed by atoms with Crippen molar-refractivity contribution in [3.63, 3.8) is 0 Å². The van der Waals surface area contributed by atoms with Gasteiger partial charge >= 0.3 is 5.97 Å². The Labute approximate surface area is 143 Å². The number of cyclic esters (lactones) is 1. The van der Waals surface area contributed by atoms with Gasteiger partial charge in [-0.3, -0.25) is 0 Å². The van der Waals surface area contributed by atoms with Crippen LogP contribution in [0.2, 0.25) is 18.1 Å². The first-order valence-corrected chi connectivity index (χ1v) is 11.0. The molecule has 0 aliphatic carbocycles. The Kier molecular flexibility index (Phi) is 5.05. The predicted octanol–water partition coefficient (Wildman–Crippen LogP) is 3.13. The number of ether oxygens (including phenoxy) is 3. The third-order valence-electron chi connectivity index (χ3n) is 4.94. The first kappa shape index (κ1) is 19.2. The summed E-state index contributed by atoms with van der Waals surface area (Å²) in [6, 6.07) is -0.652. The molecule has 2 aliphatic rings. The van der Waals surface area contributed by atoms with Gasteiger partial charge in [0.15, 0.2) is 20.2 Å². The second kappa shape index (κ2) is 6.31. The minimum absolute atomic E-state index is 0.0256. The Balaban J connectivity index is 2.14. The summed E-state index contributed by atoms with van der Waals surface area (Å²) in [7, 11) is -2.02. The molecule has 0 spiro atoms. The molecule has 4 atom stereocenters. The van der Waals surface area contributed by atoms with E-state index in [2.05, 4.69) is 43.9 Å². The summed E-state index contributed by atoms with van der Waals surface area (Å²) in [5, 5.41) is 3.82. The molecule has 0 aromatic heterocycles. The SMILES string of the molecule is CC1(C)O[C@@H]2[C@H]([C@@H](CO[Si](C)(C)C(C)(C)C)N=[N+]=[N-])OC(=O)[C@@H]2O1. The molecular weight excluding hydrogens is 330 g/mol. The van der Waals surface area contributed by atoms with Crippen LogP contribution in [0.15, 0.2) is 5.11 Å². The van der Waals surface area contributed by atoms with Gasteiger partial charge in [0.25, 0.3) is 0 Å². The number of fused-ring (bicyclic) bond motifs is 1. The van der Waals surface area contributed by atoms with E-state index in [1.54, 1.807) is 13.8 Å². The lowest BCUT2D eigenvalue weighted by atomic mass is 10.1. The van der Waals surface area contributed by atoms with Crippen molar-refractivity contribution in [2.24, 2.45) is 5.11 Å². The molecule has 24 heavy (non-hydrogen) atoms. The van der Waals surface area contributed by atoms with E-state index in [0.29, 0.717) is 0 Å². The van der Waals surface area contributed by atoms with Gasteiger partial charge < -0.3 is 18.6 Å². The smallest absolute Gasteiger partial charge is 0.338 e. The van der Waals surface area contributed by atoms with Crippen LogP contribution in [0.25, 0.3) is 10.4 Å². The molecule has 2 fully saturated rings. The molecule has 2 heterocycles. The predicted molar refractivity (Wildman–Crippen MR) is 89.8 cm³/mol. The first-order valence-electron chi connectivity index (χ1n) is 8.12. The molecule has 0 aromatic rings. The van der Waals surface area contributed by atoms with Crippen LogP contribution < -0.4 is 0 Å². The monoisotopic (exact) mass is 357 g/mol. The summed E-state index contributed by atoms with van der Waals surface area (Å²) in [5.74, 6) is -1.35. The number of carbonyl (C=O) groups is 1. The van der Waals surface area contributed by atoms with Gasteiger partial charge in [-0.25, -0.2) is 4.79 Å². The van der Waals surface area contributed by atoms with E-state index in [9.17, 15) is 4.79 Å². The molecule has 136 valence electrons. The summed E-state index contributed by atoms with van der Waals surface area (Å²) in [5.41, 5.74) is 8.90. The van der Waals surface area contributed by atoms with Crippen LogP contribution in [0, 0.1) is 0 Å². The highest BCUT2D eigenvalue weighted by atomic mass is 28.4. The fourth-order valence-corrected chi connectivity index (χ4v) is 3.57. The van der Waals surface area contributed by atoms with E-state index in [1.807, 2.05) is 0 Å². The Morgan fingerprint density at radius 2 is 2.00 bits per heavy atom. The van der Waals surface area contributed by atoms with E-state index < -0.39 is 44.4 Å². The average Bonchev–Trinajstić information content (AvgIpc) is 2.88. The normalized spacial score (nSPS) is 30.5. The van der Waals surface area contributed by atoms with Crippen molar-refractivity contribution in [1.29, 1.82) is 0 Å². The molecule has 0 unspecified atom stereocenters. The van der Waals surface area contributed by atoms with Crippen molar-refractivity contribution >= 4 is 14.3 Å². The van der Waals surface area contributed by atoms with Gasteiger partial charge in [0.2, 0.25) is 0 Å². The molecule has 8 nitrogen and oxygen atoms in total. The van der Waals surface area contributed by atoms with Crippen LogP contribution in [-0.4, -0.2) is 51.0 Å². The fraction of sp³-hybridized carbons (Fsp3) is 0.933. The summed E-state index contributed by atoms with van der Waals surface area (Å²) >= 11 is 0. The molecule has 0 radical (unpaired) electrons. The molecule has 0 bridgehead atoms. The maximum atomic E-state index is 12.0. The van der Waals surface area contributed by atoms with Crippen LogP contribution in [0.5, 0.6) is 0 Å². The maximum Gasteiger partial charge on any atom is 0.338 e. The number of azide groups is 1. The van der Waals surface area contributed by atoms with Gasteiger partial charge in [-0.05, 0) is 37.5 Å². The van der Waals surface area contributed by atoms with E-state index >= 15 is 0 Å². The first-order chi connectivity index (χ1) is 10.9. The number of nitrogens with zero attached hydrogens (tertiary/aromatic N) is 3. The molecular formula is C15H27N3O5Si. The highest BCUT2D eigenvalue weighted by molar-refractivity contribution is 6.74. The van der Waals surface area contributed by atoms with Gasteiger partial charge in [-0.15, -0.1) is 0 Å². The van der Waals surface area contributed by atoms with E-state index in [-0.39, 0.29) is 11.6 Å². The Bertz CT molecular complexity index is 554. The Morgan fingerprint density at radius 1 is 1.38 bits per heavy atom. The second-order valence-electron chi connectivity index (χ2n) is 8.27. The zero-order chi connectivity index (χ0) is 18.3. The molecule has 2 aliphatic heterocycles. The summed E-state index contributed by atoms with van der Waals surface area (Å²) < 4.78 is 22.9. The van der Waals surface area contributed by atoms with E-state index in [4.69, 9.17) is 24.2 Å². The van der Waals surface area contributed by atoms with Gasteiger partial charge in [-0.2, -0.15) is 0 Å². The zero-order valence-electron chi connectivity index (χ0n) is 15.4. The topological polar surface area (TPSA) is 103 Å². The lowest BCUT2D eigenvalue weighted by molar-refractivity contribution is -0.188. The molecule has 2 rings (SSSR count). The van der Waals surface area contributed by atoms with Gasteiger partial charge in [0.05, 0.1) is 6.04 Å². The van der Waals surface area contributed by atoms with Gasteiger partial charge in [0, 0.05) is 11.5 Å². The summed E-state index contributed by atoms with van der Waals surface area (Å²) in [6.07, 6.45) is -2.08. The quantitative estimate of drug-likeness (QED) is 0.247. The molecule has 0 aromatic carbocycles. The zero-order valence-corrected chi connectivity index (χ0v) is 16.4. The Hall–Kier alpha value is -1.12. The highest BCUT2D eigenvalue weighted by Gasteiger charge is 2.58. The Morgan fingerprint density at radius 3 is 2.54 bits per heavy atom. The summed E-state index contributed by atoms with van der Waals surface area (Å²) in [4.78, 5) is 14.9. The van der Waals surface area contributed by atoms with Crippen molar-refractivity contribution < 1.29 is 23.4 Å². The number of esters is 1. The molecule has 0 amide bonds. The fourth-order valence-electron chi connectivity index (χ4n) is 2.55. The molecule has 0 N–H and O–H groups in total. The number of carbonyl (C=O) groups excluding carboxylic acids is 1. The summed E-state index contributed by atoms with van der Waals surface area (Å²) in [6.45, 7) is 14.3. The van der Waals surface area contributed by atoms with E-state index in [0.717, 1.165) is 0 Å². The van der Waals surface area contributed by atoms with Crippen molar-refractivity contribution in [2.45, 2.75) is 82.9 Å². The lowest BCUT2D eigenvalue weighted by Crippen LogP contribution is -2.46. The van der Waals surface area contributed by atoms with Gasteiger partial charge in [0.1, 0.15) is 12.2 Å². The van der Waals surface area contributed by atoms with Crippen molar-refractivity contribution in [3.8, 4) is 0 Å². The lowest BCUT2D eigenvalue weighted by Gasteiger charge is -2.37. The minimum Gasteiger partial charge on any atom is -0.457 e. The highest BCUT2D eigenvalue weighted by Crippen LogP contribution is 2.39. The molecule has 0 saturated carbocycles. The number of hydrogen-bond acceptors (Lipinski definition) is 6. The minimum atomic E-state index is -2.02.